The number of benzene rings is 2. The van der Waals surface area contributed by atoms with E-state index in [4.69, 9.17) is 14.2 Å². The number of aromatic hydroxyl groups is 1. The predicted octanol–water partition coefficient (Wildman–Crippen LogP) is -3.42. The Labute approximate surface area is 232 Å². The Hall–Kier alpha value is -2.73. The molecule has 1 aliphatic carbocycles. The minimum atomic E-state index is -1.80. The third-order valence-electron chi connectivity index (χ3n) is 7.92. The van der Waals surface area contributed by atoms with Gasteiger partial charge < -0.3 is 65.3 Å². The largest absolute Gasteiger partial charge is 0.507 e. The number of aliphatic hydroxyl groups is 9. The van der Waals surface area contributed by atoms with Crippen LogP contribution < -0.4 is 4.74 Å². The van der Waals surface area contributed by atoms with Crippen molar-refractivity contribution in [3.63, 3.8) is 0 Å². The maximum atomic E-state index is 13.9. The number of ether oxygens (including phenoxy) is 3. The minimum absolute atomic E-state index is 0.126. The normalized spacial score (nSPS) is 36.9. The molecule has 41 heavy (non-hydrogen) atoms. The Morgan fingerprint density at radius 2 is 1.37 bits per heavy atom. The third kappa shape index (κ3) is 4.90. The van der Waals surface area contributed by atoms with Gasteiger partial charge in [-0.15, -0.1) is 0 Å². The Kier molecular flexibility index (Phi) is 8.35. The highest BCUT2D eigenvalue weighted by Crippen LogP contribution is 2.48. The van der Waals surface area contributed by atoms with Crippen molar-refractivity contribution in [2.75, 3.05) is 13.2 Å². The monoisotopic (exact) mass is 580 g/mol. The number of phenolic OH excluding ortho intramolecular Hbond substituents is 1. The zero-order valence-electron chi connectivity index (χ0n) is 21.5. The van der Waals surface area contributed by atoms with Gasteiger partial charge in [-0.05, 0) is 28.8 Å². The fraction of sp³-hybridized carbons (Fsp3) is 0.519. The number of phenols is 1. The highest BCUT2D eigenvalue weighted by molar-refractivity contribution is 6.16. The van der Waals surface area contributed by atoms with E-state index < -0.39 is 98.5 Å². The summed E-state index contributed by atoms with van der Waals surface area (Å²) in [6.45, 7) is -1.94. The van der Waals surface area contributed by atoms with Crippen LogP contribution in [0.5, 0.6) is 11.5 Å². The van der Waals surface area contributed by atoms with Crippen molar-refractivity contribution in [3.05, 3.63) is 58.1 Å². The molecule has 5 rings (SSSR count). The van der Waals surface area contributed by atoms with Crippen LogP contribution in [-0.2, 0) is 16.1 Å². The number of fused-ring (bicyclic) bond motifs is 2. The van der Waals surface area contributed by atoms with Gasteiger partial charge in [0, 0.05) is 5.92 Å². The first-order chi connectivity index (χ1) is 19.5. The molecule has 3 aliphatic rings. The second-order valence-electron chi connectivity index (χ2n) is 10.4. The van der Waals surface area contributed by atoms with Gasteiger partial charge >= 0.3 is 0 Å². The summed E-state index contributed by atoms with van der Waals surface area (Å²) in [5, 5.41) is 103. The number of carbonyl (C=O) groups is 1. The van der Waals surface area contributed by atoms with Gasteiger partial charge in [-0.2, -0.15) is 0 Å². The molecule has 2 heterocycles. The van der Waals surface area contributed by atoms with Crippen LogP contribution in [0, 0.1) is 0 Å². The molecule has 224 valence electrons. The van der Waals surface area contributed by atoms with Crippen molar-refractivity contribution in [1.82, 2.24) is 0 Å². The molecule has 2 aromatic rings. The maximum absolute atomic E-state index is 13.9. The van der Waals surface area contributed by atoms with E-state index in [-0.39, 0.29) is 33.6 Å². The molecule has 11 atom stereocenters. The number of aliphatic hydroxyl groups excluding tert-OH is 9. The van der Waals surface area contributed by atoms with Crippen LogP contribution in [0.2, 0.25) is 0 Å². The number of rotatable bonds is 6. The number of carbonyl (C=O) groups excluding carboxylic acids is 1. The van der Waals surface area contributed by atoms with Crippen molar-refractivity contribution in [1.29, 1.82) is 0 Å². The van der Waals surface area contributed by atoms with E-state index in [2.05, 4.69) is 0 Å². The van der Waals surface area contributed by atoms with E-state index in [0.717, 1.165) is 0 Å². The van der Waals surface area contributed by atoms with Gasteiger partial charge in [-0.25, -0.2) is 0 Å². The van der Waals surface area contributed by atoms with E-state index >= 15 is 0 Å². The van der Waals surface area contributed by atoms with E-state index in [1.165, 1.54) is 30.3 Å². The molecule has 0 spiro atoms. The molecule has 0 radical (unpaired) electrons. The maximum Gasteiger partial charge on any atom is 0.229 e. The summed E-state index contributed by atoms with van der Waals surface area (Å²) in [4.78, 5) is 13.9. The van der Waals surface area contributed by atoms with Gasteiger partial charge in [0.1, 0.15) is 60.3 Å². The summed E-state index contributed by atoms with van der Waals surface area (Å²) in [7, 11) is 0. The smallest absolute Gasteiger partial charge is 0.229 e. The zero-order valence-corrected chi connectivity index (χ0v) is 21.5. The number of hydrogen-bond acceptors (Lipinski definition) is 14. The SMILES string of the molecule is O=C1c2c(O)cc(CO)cc2[C@@H]([C@@H]2OC(CO)[C@@H](O)[C@H](O)[C@H]2O)c2cccc(O[C@H]3OC(CO)[C@@H](O)[C@H](O)[C@H]3O)c21. The molecular formula is C27H32O14. The fourth-order valence-corrected chi connectivity index (χ4v) is 5.78. The molecule has 14 heteroatoms. The lowest BCUT2D eigenvalue weighted by atomic mass is 9.71. The average molecular weight is 581 g/mol. The molecule has 0 saturated carbocycles. The van der Waals surface area contributed by atoms with Crippen LogP contribution in [0.3, 0.4) is 0 Å². The van der Waals surface area contributed by atoms with E-state index in [0.29, 0.717) is 0 Å². The first-order valence-electron chi connectivity index (χ1n) is 13.0. The van der Waals surface area contributed by atoms with Crippen LogP contribution in [0.25, 0.3) is 0 Å². The lowest BCUT2D eigenvalue weighted by Gasteiger charge is -2.45. The second kappa shape index (κ2) is 11.5. The quantitative estimate of drug-likeness (QED) is 0.160. The van der Waals surface area contributed by atoms with Gasteiger partial charge in [0.05, 0.1) is 37.1 Å². The van der Waals surface area contributed by atoms with Crippen LogP contribution in [0.15, 0.2) is 30.3 Å². The van der Waals surface area contributed by atoms with Crippen molar-refractivity contribution < 1.29 is 70.1 Å². The molecule has 0 amide bonds. The molecule has 2 fully saturated rings. The summed E-state index contributed by atoms with van der Waals surface area (Å²) in [5.41, 5.74) is 0.123. The molecule has 2 unspecified atom stereocenters. The van der Waals surface area contributed by atoms with Crippen LogP contribution in [-0.4, -0.2) is 131 Å². The van der Waals surface area contributed by atoms with Crippen molar-refractivity contribution in [3.8, 4) is 11.5 Å². The highest BCUT2D eigenvalue weighted by Gasteiger charge is 2.51. The number of hydrogen-bond donors (Lipinski definition) is 10. The molecule has 14 nitrogen and oxygen atoms in total. The number of ketones is 1. The van der Waals surface area contributed by atoms with Gasteiger partial charge in [0.25, 0.3) is 0 Å². The van der Waals surface area contributed by atoms with E-state index in [1.807, 2.05) is 0 Å². The molecule has 2 aliphatic heterocycles. The van der Waals surface area contributed by atoms with E-state index in [9.17, 15) is 55.9 Å². The Morgan fingerprint density at radius 1 is 0.732 bits per heavy atom. The van der Waals surface area contributed by atoms with Gasteiger partial charge in [-0.1, -0.05) is 18.2 Å². The molecule has 0 aromatic heterocycles. The molecule has 0 bridgehead atoms. The zero-order chi connectivity index (χ0) is 29.7. The molecular weight excluding hydrogens is 548 g/mol. The Balaban J connectivity index is 1.65. The topological polar surface area (TPSA) is 247 Å². The summed E-state index contributed by atoms with van der Waals surface area (Å²) in [6.07, 6.45) is -16.0. The van der Waals surface area contributed by atoms with Crippen molar-refractivity contribution in [2.24, 2.45) is 0 Å². The van der Waals surface area contributed by atoms with E-state index in [1.54, 1.807) is 0 Å². The van der Waals surface area contributed by atoms with Crippen LogP contribution in [0.4, 0.5) is 0 Å². The minimum Gasteiger partial charge on any atom is -0.507 e. The average Bonchev–Trinajstić information content (AvgIpc) is 2.96. The summed E-state index contributed by atoms with van der Waals surface area (Å²) >= 11 is 0. The van der Waals surface area contributed by atoms with Crippen LogP contribution >= 0.6 is 0 Å². The van der Waals surface area contributed by atoms with Gasteiger partial charge in [0.2, 0.25) is 12.1 Å². The van der Waals surface area contributed by atoms with Gasteiger partial charge in [-0.3, -0.25) is 4.79 Å². The summed E-state index contributed by atoms with van der Waals surface area (Å²) < 4.78 is 17.1. The lowest BCUT2D eigenvalue weighted by molar-refractivity contribution is -0.277. The lowest BCUT2D eigenvalue weighted by Crippen LogP contribution is -2.60. The van der Waals surface area contributed by atoms with Crippen molar-refractivity contribution in [2.45, 2.75) is 73.8 Å². The first-order valence-corrected chi connectivity index (χ1v) is 13.0. The summed E-state index contributed by atoms with van der Waals surface area (Å²) in [5.74, 6) is -2.58. The second-order valence-corrected chi connectivity index (χ2v) is 10.4. The fourth-order valence-electron chi connectivity index (χ4n) is 5.78. The van der Waals surface area contributed by atoms with Crippen LogP contribution in [0.1, 0.15) is 38.5 Å². The summed E-state index contributed by atoms with van der Waals surface area (Å²) in [6, 6.07) is 6.89. The Morgan fingerprint density at radius 3 is 2.00 bits per heavy atom. The highest BCUT2D eigenvalue weighted by atomic mass is 16.7. The standard InChI is InChI=1S/C27H32O14/c28-6-9-4-11-16(26-24(37)22(35)19(32)14(7-29)39-26)10-2-1-3-13(18(10)21(34)17(11)12(31)5-9)40-27-25(38)23(36)20(33)15(8-30)41-27/h1-5,14-16,19-20,22-33,35-38H,6-8H2/t14?,15?,16-,19+,20+,22-,23-,24+,25+,26-,27-/m0/s1. The molecule has 2 aromatic carbocycles. The first kappa shape index (κ1) is 29.8. The molecule has 10 N–H and O–H groups in total. The third-order valence-corrected chi connectivity index (χ3v) is 7.92. The van der Waals surface area contributed by atoms with Gasteiger partial charge in [0.15, 0.2) is 0 Å². The predicted molar refractivity (Wildman–Crippen MR) is 134 cm³/mol. The molecule has 2 saturated heterocycles. The van der Waals surface area contributed by atoms with Crippen molar-refractivity contribution >= 4 is 5.78 Å². The Bertz CT molecular complexity index is 1280.